The Hall–Kier alpha value is -3.07. The molecule has 3 aromatic rings. The third-order valence-electron chi connectivity index (χ3n) is 6.53. The molecule has 0 saturated carbocycles. The zero-order valence-corrected chi connectivity index (χ0v) is 21.4. The van der Waals surface area contributed by atoms with Crippen LogP contribution in [-0.2, 0) is 13.1 Å². The van der Waals surface area contributed by atoms with Crippen molar-refractivity contribution < 1.29 is 24.4 Å². The number of aryl methyl sites for hydroxylation is 3. The van der Waals surface area contributed by atoms with Gasteiger partial charge in [0.15, 0.2) is 11.5 Å². The van der Waals surface area contributed by atoms with E-state index in [1.165, 1.54) is 0 Å². The van der Waals surface area contributed by atoms with Crippen LogP contribution in [0.5, 0.6) is 17.2 Å². The summed E-state index contributed by atoms with van der Waals surface area (Å²) in [5, 5.41) is 21.8. The maximum Gasteiger partial charge on any atom is 0.161 e. The first-order valence-corrected chi connectivity index (χ1v) is 12.4. The number of likely N-dealkylation sites (tertiary alicyclic amines) is 1. The number of piperidine rings is 1. The topological polar surface area (TPSA) is 89.2 Å². The molecule has 0 radical (unpaired) electrons. The van der Waals surface area contributed by atoms with Gasteiger partial charge in [-0.2, -0.15) is 0 Å². The Morgan fingerprint density at radius 3 is 2.61 bits per heavy atom. The van der Waals surface area contributed by atoms with Gasteiger partial charge in [0.25, 0.3) is 0 Å². The quantitative estimate of drug-likeness (QED) is 0.394. The number of aromatic nitrogens is 2. The number of hydrogen-bond donors (Lipinski definition) is 2. The number of aliphatic hydroxyl groups excluding tert-OH is 1. The molecule has 0 amide bonds. The number of ether oxygens (including phenoxy) is 3. The Kier molecular flexibility index (Phi) is 8.51. The van der Waals surface area contributed by atoms with Crippen LogP contribution >= 0.6 is 0 Å². The van der Waals surface area contributed by atoms with Crippen molar-refractivity contribution in [1.82, 2.24) is 14.5 Å². The summed E-state index contributed by atoms with van der Waals surface area (Å²) >= 11 is 0. The summed E-state index contributed by atoms with van der Waals surface area (Å²) < 4.78 is 19.5. The van der Waals surface area contributed by atoms with Crippen LogP contribution in [0.25, 0.3) is 0 Å². The molecule has 2 N–H and O–H groups in total. The molecule has 1 saturated heterocycles. The van der Waals surface area contributed by atoms with Crippen LogP contribution in [0, 0.1) is 13.8 Å². The first kappa shape index (κ1) is 26.0. The second kappa shape index (κ2) is 11.8. The highest BCUT2D eigenvalue weighted by Crippen LogP contribution is 2.30. The molecule has 1 aliphatic heterocycles. The largest absolute Gasteiger partial charge is 0.493 e. The van der Waals surface area contributed by atoms with Crippen molar-refractivity contribution in [2.75, 3.05) is 33.4 Å². The fourth-order valence-electron chi connectivity index (χ4n) is 4.68. The molecular weight excluding hydrogens is 458 g/mol. The SMILES string of the molecule is COc1cc(CN2CC[C@H](O)[C@@](O)(COc3cc(C)cc(C)c3)C2)ccc1OCCCn1ccnc1. The van der Waals surface area contributed by atoms with E-state index < -0.39 is 11.7 Å². The molecule has 1 fully saturated rings. The zero-order valence-electron chi connectivity index (χ0n) is 21.4. The highest BCUT2D eigenvalue weighted by atomic mass is 16.5. The van der Waals surface area contributed by atoms with E-state index >= 15 is 0 Å². The monoisotopic (exact) mass is 495 g/mol. The molecule has 0 unspecified atom stereocenters. The van der Waals surface area contributed by atoms with Crippen molar-refractivity contribution in [3.8, 4) is 17.2 Å². The predicted octanol–water partition coefficient (Wildman–Crippen LogP) is 3.35. The summed E-state index contributed by atoms with van der Waals surface area (Å²) in [7, 11) is 1.64. The lowest BCUT2D eigenvalue weighted by molar-refractivity contribution is -0.140. The molecule has 8 nitrogen and oxygen atoms in total. The van der Waals surface area contributed by atoms with Crippen molar-refractivity contribution in [3.63, 3.8) is 0 Å². The molecular formula is C28H37N3O5. The van der Waals surface area contributed by atoms with Crippen molar-refractivity contribution >= 4 is 0 Å². The minimum absolute atomic E-state index is 0.0305. The Labute approximate surface area is 213 Å². The maximum absolute atomic E-state index is 11.3. The average Bonchev–Trinajstić information content (AvgIpc) is 3.37. The Balaban J connectivity index is 1.33. The lowest BCUT2D eigenvalue weighted by Gasteiger charge is -2.42. The molecule has 4 rings (SSSR count). The molecule has 2 atom stereocenters. The van der Waals surface area contributed by atoms with E-state index in [1.807, 2.05) is 54.9 Å². The van der Waals surface area contributed by atoms with Gasteiger partial charge in [-0.05, 0) is 67.6 Å². The first-order chi connectivity index (χ1) is 17.3. The van der Waals surface area contributed by atoms with Gasteiger partial charge in [-0.1, -0.05) is 12.1 Å². The van der Waals surface area contributed by atoms with E-state index in [1.54, 1.807) is 19.6 Å². The third-order valence-corrected chi connectivity index (χ3v) is 6.53. The van der Waals surface area contributed by atoms with E-state index in [-0.39, 0.29) is 6.61 Å². The smallest absolute Gasteiger partial charge is 0.161 e. The van der Waals surface area contributed by atoms with Crippen LogP contribution < -0.4 is 14.2 Å². The van der Waals surface area contributed by atoms with E-state index in [0.29, 0.717) is 49.9 Å². The van der Waals surface area contributed by atoms with Gasteiger partial charge in [-0.3, -0.25) is 4.90 Å². The van der Waals surface area contributed by atoms with Crippen molar-refractivity contribution in [3.05, 3.63) is 71.8 Å². The van der Waals surface area contributed by atoms with Crippen LogP contribution in [0.1, 0.15) is 29.5 Å². The van der Waals surface area contributed by atoms with Crippen LogP contribution in [-0.4, -0.2) is 69.8 Å². The molecule has 36 heavy (non-hydrogen) atoms. The summed E-state index contributed by atoms with van der Waals surface area (Å²) in [6, 6.07) is 11.9. The summed E-state index contributed by atoms with van der Waals surface area (Å²) in [5.41, 5.74) is 1.90. The van der Waals surface area contributed by atoms with Gasteiger partial charge >= 0.3 is 0 Å². The van der Waals surface area contributed by atoms with Gasteiger partial charge in [-0.15, -0.1) is 0 Å². The van der Waals surface area contributed by atoms with Gasteiger partial charge in [0.2, 0.25) is 0 Å². The number of imidazole rings is 1. The van der Waals surface area contributed by atoms with Gasteiger partial charge in [0.1, 0.15) is 18.0 Å². The molecule has 1 aromatic heterocycles. The number of benzene rings is 2. The molecule has 0 bridgehead atoms. The lowest BCUT2D eigenvalue weighted by Crippen LogP contribution is -2.59. The van der Waals surface area contributed by atoms with E-state index in [0.717, 1.165) is 29.7 Å². The third kappa shape index (κ3) is 6.78. The second-order valence-electron chi connectivity index (χ2n) is 9.72. The standard InChI is InChI=1S/C28H37N3O5/c1-21-13-22(2)15-24(14-21)36-19-28(33)18-31(10-7-27(28)32)17-23-5-6-25(26(16-23)34-3)35-12-4-9-30-11-8-29-20-30/h5-6,8,11,13-16,20,27,32-33H,4,7,9-10,12,17-19H2,1-3H3/t27-,28-/m0/s1. The Morgan fingerprint density at radius 2 is 1.89 bits per heavy atom. The van der Waals surface area contributed by atoms with E-state index in [9.17, 15) is 10.2 Å². The number of hydrogen-bond acceptors (Lipinski definition) is 7. The molecule has 0 spiro atoms. The number of nitrogens with zero attached hydrogens (tertiary/aromatic N) is 3. The molecule has 1 aliphatic rings. The zero-order chi connectivity index (χ0) is 25.5. The second-order valence-corrected chi connectivity index (χ2v) is 9.72. The lowest BCUT2D eigenvalue weighted by atomic mass is 9.90. The average molecular weight is 496 g/mol. The molecule has 0 aliphatic carbocycles. The predicted molar refractivity (Wildman–Crippen MR) is 138 cm³/mol. The van der Waals surface area contributed by atoms with Gasteiger partial charge < -0.3 is 29.0 Å². The number of methoxy groups -OCH3 is 1. The van der Waals surface area contributed by atoms with E-state index in [4.69, 9.17) is 14.2 Å². The van der Waals surface area contributed by atoms with Crippen molar-refractivity contribution in [1.29, 1.82) is 0 Å². The van der Waals surface area contributed by atoms with Gasteiger partial charge in [0, 0.05) is 38.6 Å². The number of rotatable bonds is 11. The fourth-order valence-corrected chi connectivity index (χ4v) is 4.68. The number of β-amino-alcohol motifs (C(OH)–C–C–N with tert-alkyl or cyclic N) is 1. The summed E-state index contributed by atoms with van der Waals surface area (Å²) in [6.07, 6.45) is 6.00. The molecule has 2 heterocycles. The summed E-state index contributed by atoms with van der Waals surface area (Å²) in [4.78, 5) is 6.19. The van der Waals surface area contributed by atoms with Crippen molar-refractivity contribution in [2.24, 2.45) is 0 Å². The summed E-state index contributed by atoms with van der Waals surface area (Å²) in [5.74, 6) is 2.09. The first-order valence-electron chi connectivity index (χ1n) is 12.4. The Bertz CT molecular complexity index is 1100. The highest BCUT2D eigenvalue weighted by molar-refractivity contribution is 5.43. The minimum Gasteiger partial charge on any atom is -0.493 e. The van der Waals surface area contributed by atoms with Crippen LogP contribution in [0.4, 0.5) is 0 Å². The van der Waals surface area contributed by atoms with E-state index in [2.05, 4.69) is 16.0 Å². The van der Waals surface area contributed by atoms with Gasteiger partial charge in [-0.25, -0.2) is 4.98 Å². The Morgan fingerprint density at radius 1 is 1.08 bits per heavy atom. The normalized spacial score (nSPS) is 20.3. The summed E-state index contributed by atoms with van der Waals surface area (Å²) in [6.45, 7) is 7.09. The van der Waals surface area contributed by atoms with Crippen LogP contribution in [0.3, 0.4) is 0 Å². The highest BCUT2D eigenvalue weighted by Gasteiger charge is 2.42. The molecule has 2 aromatic carbocycles. The van der Waals surface area contributed by atoms with Gasteiger partial charge in [0.05, 0.1) is 26.1 Å². The fraction of sp³-hybridized carbons (Fsp3) is 0.464. The molecule has 8 heteroatoms. The van der Waals surface area contributed by atoms with Crippen LogP contribution in [0.15, 0.2) is 55.1 Å². The van der Waals surface area contributed by atoms with Crippen LogP contribution in [0.2, 0.25) is 0 Å². The minimum atomic E-state index is -1.35. The maximum atomic E-state index is 11.3. The molecule has 194 valence electrons. The number of aliphatic hydroxyl groups is 2. The van der Waals surface area contributed by atoms with Crippen molar-refractivity contribution in [2.45, 2.75) is 51.5 Å².